The number of hydrogen-bond donors (Lipinski definition) is 2. The molecule has 5 nitrogen and oxygen atoms in total. The summed E-state index contributed by atoms with van der Waals surface area (Å²) < 4.78 is 5.27. The highest BCUT2D eigenvalue weighted by molar-refractivity contribution is 5.73. The predicted octanol–water partition coefficient (Wildman–Crippen LogP) is 2.54. The Labute approximate surface area is 113 Å². The highest BCUT2D eigenvalue weighted by Gasteiger charge is 2.54. The molecular weight excluding hydrogens is 246 g/mol. The van der Waals surface area contributed by atoms with E-state index in [1.807, 2.05) is 0 Å². The molecule has 0 aromatic rings. The van der Waals surface area contributed by atoms with E-state index in [2.05, 4.69) is 5.32 Å². The maximum absolute atomic E-state index is 12.0. The van der Waals surface area contributed by atoms with Gasteiger partial charge in [-0.15, -0.1) is 0 Å². The first-order valence-electron chi connectivity index (χ1n) is 6.95. The molecule has 0 bridgehead atoms. The number of ether oxygens (including phenoxy) is 1. The topological polar surface area (TPSA) is 75.6 Å². The van der Waals surface area contributed by atoms with Gasteiger partial charge in [0.05, 0.1) is 12.0 Å². The molecule has 3 unspecified atom stereocenters. The van der Waals surface area contributed by atoms with Crippen molar-refractivity contribution in [1.82, 2.24) is 5.32 Å². The Balaban J connectivity index is 2.07. The summed E-state index contributed by atoms with van der Waals surface area (Å²) in [5.41, 5.74) is -1.16. The molecule has 2 saturated carbocycles. The second kappa shape index (κ2) is 4.69. The van der Waals surface area contributed by atoms with Crippen LogP contribution in [0.3, 0.4) is 0 Å². The monoisotopic (exact) mass is 269 g/mol. The molecule has 0 aliphatic heterocycles. The van der Waals surface area contributed by atoms with Crippen LogP contribution in [0.5, 0.6) is 0 Å². The van der Waals surface area contributed by atoms with E-state index in [4.69, 9.17) is 9.84 Å². The van der Waals surface area contributed by atoms with E-state index in [1.165, 1.54) is 0 Å². The normalized spacial score (nSPS) is 33.2. The van der Waals surface area contributed by atoms with Crippen LogP contribution < -0.4 is 5.32 Å². The van der Waals surface area contributed by atoms with E-state index in [9.17, 15) is 9.59 Å². The smallest absolute Gasteiger partial charge is 0.408 e. The number of hydrogen-bond acceptors (Lipinski definition) is 3. The van der Waals surface area contributed by atoms with Crippen LogP contribution in [-0.4, -0.2) is 28.3 Å². The number of carbonyl (C=O) groups excluding carboxylic acids is 1. The zero-order valence-electron chi connectivity index (χ0n) is 11.9. The third kappa shape index (κ3) is 3.01. The Kier molecular flexibility index (Phi) is 3.49. The molecule has 0 radical (unpaired) electrons. The standard InChI is InChI=1S/C14H23NO4/c1-13(2,3)19-12(18)15-14(8-11(16)17)7-6-9-4-5-10(9)14/h9-10H,4-8H2,1-3H3,(H,15,18)(H,16,17). The molecule has 0 spiro atoms. The van der Waals surface area contributed by atoms with Gasteiger partial charge in [-0.2, -0.15) is 0 Å². The predicted molar refractivity (Wildman–Crippen MR) is 69.8 cm³/mol. The van der Waals surface area contributed by atoms with E-state index < -0.39 is 23.2 Å². The van der Waals surface area contributed by atoms with E-state index in [0.29, 0.717) is 11.8 Å². The van der Waals surface area contributed by atoms with Crippen molar-refractivity contribution in [2.45, 2.75) is 64.0 Å². The van der Waals surface area contributed by atoms with Gasteiger partial charge in [-0.1, -0.05) is 0 Å². The van der Waals surface area contributed by atoms with Crippen molar-refractivity contribution < 1.29 is 19.4 Å². The van der Waals surface area contributed by atoms with Gasteiger partial charge in [-0.05, 0) is 58.3 Å². The summed E-state index contributed by atoms with van der Waals surface area (Å²) in [6, 6.07) is 0. The van der Waals surface area contributed by atoms with Crippen molar-refractivity contribution in [3.63, 3.8) is 0 Å². The lowest BCUT2D eigenvalue weighted by Gasteiger charge is -2.43. The fraction of sp³-hybridized carbons (Fsp3) is 0.857. The number of nitrogens with one attached hydrogen (secondary N) is 1. The van der Waals surface area contributed by atoms with Gasteiger partial charge in [0, 0.05) is 0 Å². The van der Waals surface area contributed by atoms with Crippen LogP contribution in [-0.2, 0) is 9.53 Å². The molecule has 2 aliphatic carbocycles. The van der Waals surface area contributed by atoms with Crippen LogP contribution in [0.4, 0.5) is 4.79 Å². The minimum Gasteiger partial charge on any atom is -0.481 e. The molecule has 1 amide bonds. The largest absolute Gasteiger partial charge is 0.481 e. The van der Waals surface area contributed by atoms with Gasteiger partial charge in [-0.3, -0.25) is 4.79 Å². The third-order valence-corrected chi connectivity index (χ3v) is 4.31. The first-order valence-corrected chi connectivity index (χ1v) is 6.95. The first kappa shape index (κ1) is 14.2. The number of aliphatic carboxylic acids is 1. The number of amides is 1. The molecule has 108 valence electrons. The van der Waals surface area contributed by atoms with Crippen molar-refractivity contribution in [2.75, 3.05) is 0 Å². The number of carboxylic acid groups (broad SMARTS) is 1. The molecule has 0 aromatic heterocycles. The van der Waals surface area contributed by atoms with Crippen LogP contribution in [0.1, 0.15) is 52.9 Å². The number of fused-ring (bicyclic) bond motifs is 1. The summed E-state index contributed by atoms with van der Waals surface area (Å²) in [6.07, 6.45) is 3.41. The van der Waals surface area contributed by atoms with Gasteiger partial charge in [0.1, 0.15) is 5.60 Å². The van der Waals surface area contributed by atoms with Crippen LogP contribution in [0, 0.1) is 11.8 Å². The summed E-state index contributed by atoms with van der Waals surface area (Å²) in [6.45, 7) is 5.41. The van der Waals surface area contributed by atoms with Gasteiger partial charge >= 0.3 is 12.1 Å². The van der Waals surface area contributed by atoms with Crippen LogP contribution >= 0.6 is 0 Å². The average Bonchev–Trinajstić information content (AvgIpc) is 2.30. The molecule has 2 rings (SSSR count). The average molecular weight is 269 g/mol. The Hall–Kier alpha value is -1.26. The second-order valence-electron chi connectivity index (χ2n) is 6.84. The number of carbonyl (C=O) groups is 2. The molecule has 19 heavy (non-hydrogen) atoms. The van der Waals surface area contributed by atoms with Crippen LogP contribution in [0.15, 0.2) is 0 Å². The lowest BCUT2D eigenvalue weighted by Crippen LogP contribution is -2.56. The minimum absolute atomic E-state index is 0.00654. The van der Waals surface area contributed by atoms with Gasteiger partial charge in [0.15, 0.2) is 0 Å². The maximum Gasteiger partial charge on any atom is 0.408 e. The fourth-order valence-electron chi connectivity index (χ4n) is 3.47. The molecule has 3 atom stereocenters. The maximum atomic E-state index is 12.0. The summed E-state index contributed by atoms with van der Waals surface area (Å²) >= 11 is 0. The summed E-state index contributed by atoms with van der Waals surface area (Å²) in [5, 5.41) is 12.0. The van der Waals surface area contributed by atoms with Gasteiger partial charge < -0.3 is 15.2 Å². The van der Waals surface area contributed by atoms with E-state index in [1.54, 1.807) is 20.8 Å². The molecule has 0 heterocycles. The number of rotatable bonds is 3. The molecule has 5 heteroatoms. The number of alkyl carbamates (subject to hydrolysis) is 1. The Morgan fingerprint density at radius 1 is 1.32 bits per heavy atom. The summed E-state index contributed by atoms with van der Waals surface area (Å²) in [4.78, 5) is 23.1. The van der Waals surface area contributed by atoms with Crippen molar-refractivity contribution in [2.24, 2.45) is 11.8 Å². The molecule has 0 saturated heterocycles. The molecule has 2 N–H and O–H groups in total. The summed E-state index contributed by atoms with van der Waals surface area (Å²) in [7, 11) is 0. The SMILES string of the molecule is CC(C)(C)OC(=O)NC1(CC(=O)O)CCC2CCC21. The highest BCUT2D eigenvalue weighted by atomic mass is 16.6. The van der Waals surface area contributed by atoms with Crippen LogP contribution in [0.2, 0.25) is 0 Å². The Morgan fingerprint density at radius 2 is 2.00 bits per heavy atom. The molecule has 0 aromatic carbocycles. The van der Waals surface area contributed by atoms with Crippen molar-refractivity contribution in [3.8, 4) is 0 Å². The van der Waals surface area contributed by atoms with Gasteiger partial charge in [0.2, 0.25) is 0 Å². The molecule has 2 aliphatic rings. The van der Waals surface area contributed by atoms with Gasteiger partial charge in [0.25, 0.3) is 0 Å². The third-order valence-electron chi connectivity index (χ3n) is 4.31. The minimum atomic E-state index is -0.858. The molecule has 2 fully saturated rings. The highest BCUT2D eigenvalue weighted by Crippen LogP contribution is 2.53. The second-order valence-corrected chi connectivity index (χ2v) is 6.84. The van der Waals surface area contributed by atoms with E-state index >= 15 is 0 Å². The lowest BCUT2D eigenvalue weighted by atomic mass is 9.68. The lowest BCUT2D eigenvalue weighted by molar-refractivity contribution is -0.139. The zero-order valence-corrected chi connectivity index (χ0v) is 11.9. The first-order chi connectivity index (χ1) is 8.72. The van der Waals surface area contributed by atoms with E-state index in [0.717, 1.165) is 25.7 Å². The Morgan fingerprint density at radius 3 is 2.42 bits per heavy atom. The van der Waals surface area contributed by atoms with Crippen molar-refractivity contribution >= 4 is 12.1 Å². The molecular formula is C14H23NO4. The quantitative estimate of drug-likeness (QED) is 0.825. The van der Waals surface area contributed by atoms with E-state index in [-0.39, 0.29) is 6.42 Å². The summed E-state index contributed by atoms with van der Waals surface area (Å²) in [5.74, 6) is 0.0222. The van der Waals surface area contributed by atoms with Gasteiger partial charge in [-0.25, -0.2) is 4.79 Å². The van der Waals surface area contributed by atoms with Crippen molar-refractivity contribution in [3.05, 3.63) is 0 Å². The van der Waals surface area contributed by atoms with Crippen molar-refractivity contribution in [1.29, 1.82) is 0 Å². The zero-order chi connectivity index (χ0) is 14.3. The Bertz CT molecular complexity index is 387. The fourth-order valence-corrected chi connectivity index (χ4v) is 3.47. The number of carboxylic acids is 1. The van der Waals surface area contributed by atoms with Crippen LogP contribution in [0.25, 0.3) is 0 Å².